The number of hydrogen-bond acceptors (Lipinski definition) is 14. The summed E-state index contributed by atoms with van der Waals surface area (Å²) >= 11 is 6.04. The van der Waals surface area contributed by atoms with Gasteiger partial charge in [0.1, 0.15) is 12.3 Å². The molecule has 2 aromatic heterocycles. The Balaban J connectivity index is 1.02. The van der Waals surface area contributed by atoms with Crippen molar-refractivity contribution in [2.24, 2.45) is 4.99 Å². The fourth-order valence-corrected chi connectivity index (χ4v) is 6.30. The van der Waals surface area contributed by atoms with E-state index in [-0.39, 0.29) is 41.8 Å². The van der Waals surface area contributed by atoms with E-state index in [1.54, 1.807) is 24.3 Å². The number of benzene rings is 2. The number of carbonyl (C=O) groups excluding carboxylic acids is 4. The maximum absolute atomic E-state index is 13.1. The number of nitrogens with one attached hydrogen (secondary N) is 4. The number of pyridine rings is 1. The van der Waals surface area contributed by atoms with E-state index >= 15 is 0 Å². The van der Waals surface area contributed by atoms with Crippen molar-refractivity contribution in [2.45, 2.75) is 50.2 Å². The average molecular weight is 867 g/mol. The normalized spacial score (nSPS) is 14.9. The summed E-state index contributed by atoms with van der Waals surface area (Å²) in [4.78, 5) is 73.3. The SMILES string of the molecule is COC(=O)C(CCNC(=O)C(=O)Nc1ccc(OCCN2CCCCC2)nc1)=NC(=O)c1ccc(Nc2nc(NC3(c4ccc(Cl)cc4)CC3)nc(OCC(F)(F)F)n2)cc1. The van der Waals surface area contributed by atoms with Crippen LogP contribution in [0.4, 0.5) is 36.4 Å². The van der Waals surface area contributed by atoms with Crippen LogP contribution in [-0.2, 0) is 24.7 Å². The van der Waals surface area contributed by atoms with Crippen LogP contribution in [0.15, 0.2) is 71.9 Å². The predicted molar refractivity (Wildman–Crippen MR) is 217 cm³/mol. The molecule has 1 saturated carbocycles. The summed E-state index contributed by atoms with van der Waals surface area (Å²) in [5, 5.41) is 11.4. The van der Waals surface area contributed by atoms with Gasteiger partial charge < -0.3 is 35.5 Å². The topological polar surface area (TPSA) is 211 Å². The highest BCUT2D eigenvalue weighted by molar-refractivity contribution is 6.40. The molecule has 17 nitrogen and oxygen atoms in total. The molecule has 3 heterocycles. The Morgan fingerprint density at radius 1 is 0.869 bits per heavy atom. The molecule has 4 aromatic rings. The van der Waals surface area contributed by atoms with E-state index in [1.165, 1.54) is 49.7 Å². The second kappa shape index (κ2) is 20.2. The largest absolute Gasteiger partial charge is 0.476 e. The Bertz CT molecular complexity index is 2200. The first kappa shape index (κ1) is 44.2. The zero-order valence-corrected chi connectivity index (χ0v) is 33.6. The summed E-state index contributed by atoms with van der Waals surface area (Å²) in [5.41, 5.74) is 0.640. The minimum absolute atomic E-state index is 0.0398. The fourth-order valence-electron chi connectivity index (χ4n) is 6.17. The number of methoxy groups -OCH3 is 1. The molecular weight excluding hydrogens is 825 g/mol. The van der Waals surface area contributed by atoms with Crippen LogP contribution in [0.25, 0.3) is 0 Å². The van der Waals surface area contributed by atoms with Gasteiger partial charge in [-0.15, -0.1) is 0 Å². The Morgan fingerprint density at radius 2 is 1.57 bits per heavy atom. The lowest BCUT2D eigenvalue weighted by molar-refractivity contribution is -0.154. The number of rotatable bonds is 17. The summed E-state index contributed by atoms with van der Waals surface area (Å²) in [7, 11) is 1.09. The van der Waals surface area contributed by atoms with E-state index in [0.29, 0.717) is 36.0 Å². The second-order valence-electron chi connectivity index (χ2n) is 14.0. The third kappa shape index (κ3) is 13.3. The molecule has 0 atom stereocenters. The van der Waals surface area contributed by atoms with Crippen LogP contribution >= 0.6 is 11.6 Å². The van der Waals surface area contributed by atoms with Gasteiger partial charge in [0.2, 0.25) is 17.8 Å². The Kier molecular flexibility index (Phi) is 14.6. The van der Waals surface area contributed by atoms with Gasteiger partial charge in [-0.2, -0.15) is 28.1 Å². The van der Waals surface area contributed by atoms with Crippen LogP contribution in [0.1, 0.15) is 54.4 Å². The number of carbonyl (C=O) groups is 4. The van der Waals surface area contributed by atoms with Crippen molar-refractivity contribution >= 4 is 64.3 Å². The maximum atomic E-state index is 13.1. The number of esters is 1. The van der Waals surface area contributed by atoms with Gasteiger partial charge in [-0.3, -0.25) is 19.3 Å². The molecule has 21 heteroatoms. The van der Waals surface area contributed by atoms with Gasteiger partial charge >= 0.3 is 30.0 Å². The van der Waals surface area contributed by atoms with E-state index < -0.39 is 48.0 Å². The molecule has 2 aromatic carbocycles. The summed E-state index contributed by atoms with van der Waals surface area (Å²) in [6, 6.07) is 15.3. The van der Waals surface area contributed by atoms with Gasteiger partial charge in [0.05, 0.1) is 24.5 Å². The van der Waals surface area contributed by atoms with Gasteiger partial charge in [-0.1, -0.05) is 30.2 Å². The van der Waals surface area contributed by atoms with Crippen LogP contribution in [-0.4, -0.2) is 107 Å². The number of hydrogen-bond donors (Lipinski definition) is 4. The number of aliphatic imine (C=N–C) groups is 1. The molecule has 322 valence electrons. The zero-order chi connectivity index (χ0) is 43.4. The molecule has 2 fully saturated rings. The molecule has 1 aliphatic carbocycles. The first-order chi connectivity index (χ1) is 29.3. The van der Waals surface area contributed by atoms with Gasteiger partial charge in [-0.05, 0) is 86.8 Å². The van der Waals surface area contributed by atoms with E-state index in [1.807, 2.05) is 12.1 Å². The minimum atomic E-state index is -4.65. The molecule has 61 heavy (non-hydrogen) atoms. The Morgan fingerprint density at radius 3 is 2.23 bits per heavy atom. The van der Waals surface area contributed by atoms with Gasteiger partial charge in [0, 0.05) is 41.9 Å². The minimum Gasteiger partial charge on any atom is -0.476 e. The van der Waals surface area contributed by atoms with Crippen molar-refractivity contribution < 1.29 is 46.6 Å². The Labute approximate surface area is 352 Å². The van der Waals surface area contributed by atoms with Crippen molar-refractivity contribution in [3.63, 3.8) is 0 Å². The fraction of sp³-hybridized carbons (Fsp3) is 0.375. The van der Waals surface area contributed by atoms with E-state index in [9.17, 15) is 32.3 Å². The molecule has 4 N–H and O–H groups in total. The monoisotopic (exact) mass is 866 g/mol. The van der Waals surface area contributed by atoms with E-state index in [0.717, 1.165) is 32.3 Å². The first-order valence-electron chi connectivity index (χ1n) is 19.2. The van der Waals surface area contributed by atoms with Crippen LogP contribution in [0, 0.1) is 0 Å². The van der Waals surface area contributed by atoms with Crippen LogP contribution in [0.2, 0.25) is 5.02 Å². The lowest BCUT2D eigenvalue weighted by Crippen LogP contribution is -2.37. The average Bonchev–Trinajstić information content (AvgIpc) is 4.03. The number of halogens is 4. The molecule has 1 aliphatic heterocycles. The number of likely N-dealkylation sites (tertiary alicyclic amines) is 1. The zero-order valence-electron chi connectivity index (χ0n) is 32.9. The lowest BCUT2D eigenvalue weighted by atomic mass is 10.1. The highest BCUT2D eigenvalue weighted by Gasteiger charge is 2.45. The van der Waals surface area contributed by atoms with Crippen LogP contribution < -0.4 is 30.7 Å². The standard InChI is InChI=1S/C40H42ClF3N10O7/c1-59-35(58)30(15-18-45-33(56)34(57)47-29-13-14-31(46-23-29)60-22-21-54-19-3-2-4-20-54)49-32(55)25-5-11-28(12-6-25)48-36-50-37(52-38(51-36)61-24-40(42,43)44)53-39(16-17-39)26-7-9-27(41)10-8-26/h5-14,23H,2-4,15-22,24H2,1H3,(H,45,56)(H,47,57)(H2,48,50,51,52,53). The number of anilines is 4. The molecule has 0 unspecified atom stereocenters. The predicted octanol–water partition coefficient (Wildman–Crippen LogP) is 5.47. The second-order valence-corrected chi connectivity index (χ2v) is 14.5. The van der Waals surface area contributed by atoms with Crippen LogP contribution in [0.5, 0.6) is 11.9 Å². The molecule has 3 amide bonds. The van der Waals surface area contributed by atoms with Crippen molar-refractivity contribution in [3.8, 4) is 11.9 Å². The highest BCUT2D eigenvalue weighted by Crippen LogP contribution is 2.48. The lowest BCUT2D eigenvalue weighted by Gasteiger charge is -2.26. The number of alkyl halides is 3. The number of ether oxygens (including phenoxy) is 3. The summed E-state index contributed by atoms with van der Waals surface area (Å²) < 4.78 is 54.3. The number of aromatic nitrogens is 4. The Hall–Kier alpha value is -6.41. The van der Waals surface area contributed by atoms with Crippen molar-refractivity contribution in [1.29, 1.82) is 0 Å². The number of amides is 3. The van der Waals surface area contributed by atoms with E-state index in [4.69, 9.17) is 25.8 Å². The summed E-state index contributed by atoms with van der Waals surface area (Å²) in [5.74, 6) is -3.56. The number of piperidine rings is 1. The molecule has 1 saturated heterocycles. The van der Waals surface area contributed by atoms with E-state index in [2.05, 4.69) is 51.1 Å². The molecule has 2 aliphatic rings. The van der Waals surface area contributed by atoms with Gasteiger partial charge in [0.25, 0.3) is 5.91 Å². The number of nitrogens with zero attached hydrogens (tertiary/aromatic N) is 6. The van der Waals surface area contributed by atoms with Crippen molar-refractivity contribution in [2.75, 3.05) is 62.5 Å². The molecular formula is C40H42ClF3N10O7. The smallest absolute Gasteiger partial charge is 0.422 e. The summed E-state index contributed by atoms with van der Waals surface area (Å²) in [6.45, 7) is 1.50. The van der Waals surface area contributed by atoms with Crippen molar-refractivity contribution in [1.82, 2.24) is 30.2 Å². The summed E-state index contributed by atoms with van der Waals surface area (Å²) in [6.07, 6.45) is 1.47. The third-order valence-electron chi connectivity index (χ3n) is 9.48. The highest BCUT2D eigenvalue weighted by atomic mass is 35.5. The maximum Gasteiger partial charge on any atom is 0.422 e. The van der Waals surface area contributed by atoms with Gasteiger partial charge in [-0.25, -0.2) is 14.8 Å². The van der Waals surface area contributed by atoms with Crippen LogP contribution in [0.3, 0.4) is 0 Å². The quantitative estimate of drug-likeness (QED) is 0.0590. The first-order valence-corrected chi connectivity index (χ1v) is 19.6. The molecule has 6 rings (SSSR count). The van der Waals surface area contributed by atoms with Gasteiger partial charge in [0.15, 0.2) is 6.61 Å². The molecule has 0 spiro atoms. The molecule has 0 radical (unpaired) electrons. The van der Waals surface area contributed by atoms with Crippen molar-refractivity contribution in [3.05, 3.63) is 83.0 Å². The molecule has 0 bridgehead atoms. The third-order valence-corrected chi connectivity index (χ3v) is 9.73.